The molecule has 1 aliphatic rings. The Labute approximate surface area is 207 Å². The number of ether oxygens (including phenoxy) is 2. The zero-order valence-corrected chi connectivity index (χ0v) is 20.8. The van der Waals surface area contributed by atoms with Gasteiger partial charge in [-0.25, -0.2) is 0 Å². The van der Waals surface area contributed by atoms with E-state index in [0.29, 0.717) is 18.6 Å². The molecule has 192 valence electrons. The topological polar surface area (TPSA) is 171 Å². The summed E-state index contributed by atoms with van der Waals surface area (Å²) in [7, 11) is 0. The fourth-order valence-corrected chi connectivity index (χ4v) is 3.76. The first-order valence-electron chi connectivity index (χ1n) is 10.8. The Morgan fingerprint density at radius 3 is 2.15 bits per heavy atom. The predicted octanol–water partition coefficient (Wildman–Crippen LogP) is 0.488. The average molecular weight is 547 g/mol. The molecule has 0 aromatic heterocycles. The second kappa shape index (κ2) is 14.7. The van der Waals surface area contributed by atoms with E-state index in [4.69, 9.17) is 19.7 Å². The van der Waals surface area contributed by atoms with E-state index in [1.807, 2.05) is 43.3 Å². The third kappa shape index (κ3) is 8.26. The molecule has 1 saturated heterocycles. The Hall–Kier alpha value is -1.60. The lowest BCUT2D eigenvalue weighted by Gasteiger charge is -2.40. The zero-order chi connectivity index (χ0) is 24.5. The van der Waals surface area contributed by atoms with Crippen LogP contribution in [0.15, 0.2) is 46.9 Å². The summed E-state index contributed by atoms with van der Waals surface area (Å²) in [6.45, 7) is 3.50. The quantitative estimate of drug-likeness (QED) is 0.291. The molecule has 0 radical (unpaired) electrons. The maximum absolute atomic E-state index is 10.4. The van der Waals surface area contributed by atoms with Crippen LogP contribution in [-0.4, -0.2) is 86.5 Å². The molecule has 3 rings (SSSR count). The molecular formula is C24H35BrO9. The monoisotopic (exact) mass is 546 g/mol. The number of aliphatic hydroxyl groups excluding tert-OH is 6. The van der Waals surface area contributed by atoms with Gasteiger partial charge in [-0.15, -0.1) is 0 Å². The van der Waals surface area contributed by atoms with Gasteiger partial charge in [0.25, 0.3) is 0 Å². The lowest BCUT2D eigenvalue weighted by atomic mass is 9.90. The summed E-state index contributed by atoms with van der Waals surface area (Å²) in [4.78, 5) is 0. The molecule has 1 aliphatic heterocycles. The maximum Gasteiger partial charge on any atom is 0.119 e. The molecule has 0 bridgehead atoms. The van der Waals surface area contributed by atoms with E-state index in [-0.39, 0.29) is 12.1 Å². The van der Waals surface area contributed by atoms with E-state index in [0.717, 1.165) is 21.3 Å². The Kier molecular flexibility index (Phi) is 13.2. The van der Waals surface area contributed by atoms with Crippen LogP contribution < -0.4 is 4.74 Å². The second-order valence-electron chi connectivity index (χ2n) is 7.89. The summed E-state index contributed by atoms with van der Waals surface area (Å²) in [5.41, 5.74) is 2.75. The third-order valence-electron chi connectivity index (χ3n) is 5.18. The maximum atomic E-state index is 10.4. The zero-order valence-electron chi connectivity index (χ0n) is 19.2. The van der Waals surface area contributed by atoms with Crippen molar-refractivity contribution in [1.82, 2.24) is 0 Å². The number of halogens is 1. The molecule has 1 unspecified atom stereocenters. The van der Waals surface area contributed by atoms with Gasteiger partial charge in [-0.05, 0) is 55.2 Å². The van der Waals surface area contributed by atoms with Crippen molar-refractivity contribution >= 4 is 15.9 Å². The van der Waals surface area contributed by atoms with Crippen molar-refractivity contribution in [3.8, 4) is 5.75 Å². The summed E-state index contributed by atoms with van der Waals surface area (Å²) < 4.78 is 12.0. The van der Waals surface area contributed by atoms with Crippen molar-refractivity contribution in [2.24, 2.45) is 0 Å². The first-order valence-corrected chi connectivity index (χ1v) is 11.6. The summed E-state index contributed by atoms with van der Waals surface area (Å²) in [5, 5.41) is 55.8. The molecule has 2 aromatic rings. The van der Waals surface area contributed by atoms with Gasteiger partial charge in [0.15, 0.2) is 0 Å². The Balaban J connectivity index is 0.000000873. The SMILES string of the molecule is CCOc1ccc(Cc2cc([C@@H]3O[C@H](CO)[C@@H](O)C(O)[C@H]3O)ccc2Br)cc1.C[C@H](O)CO.O. The summed E-state index contributed by atoms with van der Waals surface area (Å²) in [5.74, 6) is 0.820. The smallest absolute Gasteiger partial charge is 0.119 e. The highest BCUT2D eigenvalue weighted by Crippen LogP contribution is 2.34. The molecule has 6 atom stereocenters. The minimum Gasteiger partial charge on any atom is -0.494 e. The van der Waals surface area contributed by atoms with Crippen LogP contribution in [0, 0.1) is 0 Å². The van der Waals surface area contributed by atoms with Crippen LogP contribution in [0.25, 0.3) is 0 Å². The highest BCUT2D eigenvalue weighted by atomic mass is 79.9. The van der Waals surface area contributed by atoms with Crippen LogP contribution >= 0.6 is 15.9 Å². The lowest BCUT2D eigenvalue weighted by Crippen LogP contribution is -2.55. The van der Waals surface area contributed by atoms with Gasteiger partial charge >= 0.3 is 0 Å². The second-order valence-corrected chi connectivity index (χ2v) is 8.74. The normalized spacial score (nSPS) is 24.9. The standard InChI is InChI=1S/C21H25BrO6.C3H8O2.H2O/c1-2-27-15-6-3-12(4-7-15)9-14-10-13(5-8-16(14)22)21-20(26)19(25)18(24)17(11-23)28-21;1-3(5)2-4;/h3-8,10,17-21,23-26H,2,9,11H2,1H3;3-5H,2H2,1H3;1H2/t17-,18-,19?,20-,21+;3-;/m10./s1. The van der Waals surface area contributed by atoms with Crippen LogP contribution in [-0.2, 0) is 11.2 Å². The van der Waals surface area contributed by atoms with Gasteiger partial charge in [-0.3, -0.25) is 0 Å². The van der Waals surface area contributed by atoms with Crippen molar-refractivity contribution in [1.29, 1.82) is 0 Å². The predicted molar refractivity (Wildman–Crippen MR) is 130 cm³/mol. The molecule has 0 saturated carbocycles. The van der Waals surface area contributed by atoms with E-state index >= 15 is 0 Å². The van der Waals surface area contributed by atoms with Gasteiger partial charge in [0, 0.05) is 4.47 Å². The van der Waals surface area contributed by atoms with E-state index in [9.17, 15) is 20.4 Å². The lowest BCUT2D eigenvalue weighted by molar-refractivity contribution is -0.231. The van der Waals surface area contributed by atoms with Gasteiger partial charge in [-0.2, -0.15) is 0 Å². The van der Waals surface area contributed by atoms with Gasteiger partial charge in [0.1, 0.15) is 36.3 Å². The first kappa shape index (κ1) is 30.4. The minimum absolute atomic E-state index is 0. The van der Waals surface area contributed by atoms with Crippen molar-refractivity contribution < 1.29 is 45.6 Å². The van der Waals surface area contributed by atoms with Gasteiger partial charge < -0.3 is 45.6 Å². The minimum atomic E-state index is -1.39. The summed E-state index contributed by atoms with van der Waals surface area (Å²) >= 11 is 3.56. The molecule has 0 aliphatic carbocycles. The van der Waals surface area contributed by atoms with E-state index in [1.165, 1.54) is 6.92 Å². The van der Waals surface area contributed by atoms with Crippen molar-refractivity contribution in [3.63, 3.8) is 0 Å². The van der Waals surface area contributed by atoms with Crippen LogP contribution in [0.4, 0.5) is 0 Å². The molecule has 0 amide bonds. The van der Waals surface area contributed by atoms with E-state index < -0.39 is 43.2 Å². The van der Waals surface area contributed by atoms with Crippen LogP contribution in [0.1, 0.15) is 36.6 Å². The van der Waals surface area contributed by atoms with Crippen molar-refractivity contribution in [3.05, 3.63) is 63.6 Å². The van der Waals surface area contributed by atoms with Gasteiger partial charge in [0.05, 0.1) is 25.9 Å². The van der Waals surface area contributed by atoms with Crippen LogP contribution in [0.3, 0.4) is 0 Å². The molecule has 10 heteroatoms. The molecule has 34 heavy (non-hydrogen) atoms. The van der Waals surface area contributed by atoms with Crippen LogP contribution in [0.2, 0.25) is 0 Å². The fraction of sp³-hybridized carbons (Fsp3) is 0.500. The molecule has 9 nitrogen and oxygen atoms in total. The molecular weight excluding hydrogens is 512 g/mol. The molecule has 0 spiro atoms. The summed E-state index contributed by atoms with van der Waals surface area (Å²) in [6, 6.07) is 13.4. The van der Waals surface area contributed by atoms with E-state index in [2.05, 4.69) is 15.9 Å². The number of hydrogen-bond acceptors (Lipinski definition) is 8. The first-order chi connectivity index (χ1) is 15.7. The Morgan fingerprint density at radius 1 is 1.00 bits per heavy atom. The molecule has 8 N–H and O–H groups in total. The molecule has 1 heterocycles. The van der Waals surface area contributed by atoms with Crippen molar-refractivity contribution in [2.45, 2.75) is 56.9 Å². The number of rotatable bonds is 7. The number of aliphatic hydroxyl groups is 6. The van der Waals surface area contributed by atoms with Gasteiger partial charge in [0.2, 0.25) is 0 Å². The Bertz CT molecular complexity index is 845. The van der Waals surface area contributed by atoms with E-state index in [1.54, 1.807) is 6.07 Å². The highest BCUT2D eigenvalue weighted by molar-refractivity contribution is 9.10. The van der Waals surface area contributed by atoms with Crippen molar-refractivity contribution in [2.75, 3.05) is 19.8 Å². The number of hydrogen-bond donors (Lipinski definition) is 6. The molecule has 1 fully saturated rings. The van der Waals surface area contributed by atoms with Crippen LogP contribution in [0.5, 0.6) is 5.75 Å². The average Bonchev–Trinajstić information content (AvgIpc) is 2.81. The Morgan fingerprint density at radius 2 is 1.62 bits per heavy atom. The highest BCUT2D eigenvalue weighted by Gasteiger charge is 2.43. The molecule has 2 aromatic carbocycles. The number of benzene rings is 2. The third-order valence-corrected chi connectivity index (χ3v) is 5.96. The largest absolute Gasteiger partial charge is 0.494 e. The summed E-state index contributed by atoms with van der Waals surface area (Å²) in [6.07, 6.45) is -5.74. The van der Waals surface area contributed by atoms with Gasteiger partial charge in [-0.1, -0.05) is 40.2 Å². The fourth-order valence-electron chi connectivity index (χ4n) is 3.37.